The lowest BCUT2D eigenvalue weighted by Crippen LogP contribution is -2.34. The molecule has 0 aliphatic heterocycles. The fourth-order valence-electron chi connectivity index (χ4n) is 3.71. The third kappa shape index (κ3) is 19.4. The number of carbonyl (C=O) groups excluding carboxylic acids is 2. The van der Waals surface area contributed by atoms with Gasteiger partial charge in [0, 0.05) is 12.2 Å². The van der Waals surface area contributed by atoms with Crippen LogP contribution in [0.5, 0.6) is 0 Å². The van der Waals surface area contributed by atoms with Gasteiger partial charge in [-0.15, -0.1) is 0 Å². The van der Waals surface area contributed by atoms with E-state index in [-0.39, 0.29) is 24.5 Å². The summed E-state index contributed by atoms with van der Waals surface area (Å²) in [4.78, 5) is 24.0. The second-order valence-electron chi connectivity index (χ2n) is 11.0. The molecule has 15 heteroatoms. The Bertz CT molecular complexity index is 1190. The van der Waals surface area contributed by atoms with Crippen molar-refractivity contribution in [3.05, 3.63) is 59.7 Å². The van der Waals surface area contributed by atoms with Crippen molar-refractivity contribution in [3.63, 3.8) is 0 Å². The Morgan fingerprint density at radius 3 is 1.67 bits per heavy atom. The molecule has 0 aliphatic rings. The molecule has 0 aromatic heterocycles. The van der Waals surface area contributed by atoms with Crippen LogP contribution in [0, 0.1) is 0 Å². The highest BCUT2D eigenvalue weighted by Crippen LogP contribution is 2.32. The number of alkyl carbamates (subject to hydrolysis) is 1. The smallest absolute Gasteiger partial charge is 0.416 e. The summed E-state index contributed by atoms with van der Waals surface area (Å²) in [6.07, 6.45) is -4.95. The number of esters is 1. The number of rotatable bonds is 24. The fourth-order valence-corrected chi connectivity index (χ4v) is 3.71. The summed E-state index contributed by atoms with van der Waals surface area (Å²) < 4.78 is 82.0. The largest absolute Gasteiger partial charge is 0.460 e. The minimum absolute atomic E-state index is 0.00620. The maximum absolute atomic E-state index is 13.0. The Labute approximate surface area is 279 Å². The molecule has 0 atom stereocenters. The highest BCUT2D eigenvalue weighted by molar-refractivity contribution is 5.96. The lowest BCUT2D eigenvalue weighted by molar-refractivity contribution is -0.137. The molecular weight excluding hydrogens is 641 g/mol. The van der Waals surface area contributed by atoms with E-state index in [1.54, 1.807) is 39.0 Å². The first-order chi connectivity index (χ1) is 23.0. The summed E-state index contributed by atoms with van der Waals surface area (Å²) in [6, 6.07) is 11.1. The van der Waals surface area contributed by atoms with E-state index >= 15 is 0 Å². The van der Waals surface area contributed by atoms with E-state index in [0.29, 0.717) is 84.9 Å². The minimum atomic E-state index is -4.48. The number of benzene rings is 2. The first-order valence-electron chi connectivity index (χ1n) is 15.6. The Morgan fingerprint density at radius 1 is 0.646 bits per heavy atom. The van der Waals surface area contributed by atoms with Gasteiger partial charge >= 0.3 is 18.2 Å². The van der Waals surface area contributed by atoms with E-state index in [1.807, 2.05) is 0 Å². The Morgan fingerprint density at radius 2 is 1.15 bits per heavy atom. The number of hydrogen-bond donors (Lipinski definition) is 2. The van der Waals surface area contributed by atoms with Gasteiger partial charge in [-0.3, -0.25) is 0 Å². The molecule has 0 saturated carbocycles. The van der Waals surface area contributed by atoms with E-state index in [1.165, 1.54) is 18.2 Å². The molecule has 2 aromatic rings. The van der Waals surface area contributed by atoms with Gasteiger partial charge in [0.2, 0.25) is 0 Å². The van der Waals surface area contributed by atoms with Crippen LogP contribution in [0.15, 0.2) is 48.5 Å². The van der Waals surface area contributed by atoms with Crippen LogP contribution in [0.2, 0.25) is 0 Å². The molecule has 2 N–H and O–H groups in total. The molecule has 270 valence electrons. The molecule has 2 aromatic carbocycles. The van der Waals surface area contributed by atoms with E-state index in [2.05, 4.69) is 10.6 Å². The number of anilines is 2. The quantitative estimate of drug-likeness (QED) is 0.111. The molecule has 48 heavy (non-hydrogen) atoms. The standard InChI is InChI=1S/C33H47F3N2O10/c1-32(2,3)48-31(40)37-11-12-41-13-14-42-15-16-43-17-18-44-19-20-45-21-22-46-23-24-47-30(39)28-9-4-5-10-29(28)38-27-8-6-7-26(25-27)33(34,35)36/h4-10,25,38H,11-24H2,1-3H3,(H,37,40). The monoisotopic (exact) mass is 688 g/mol. The highest BCUT2D eigenvalue weighted by Gasteiger charge is 2.30. The van der Waals surface area contributed by atoms with Gasteiger partial charge in [-0.25, -0.2) is 9.59 Å². The number of amides is 1. The van der Waals surface area contributed by atoms with Crippen molar-refractivity contribution in [2.75, 3.05) is 97.8 Å². The lowest BCUT2D eigenvalue weighted by Gasteiger charge is -2.19. The minimum Gasteiger partial charge on any atom is -0.460 e. The second-order valence-corrected chi connectivity index (χ2v) is 11.0. The van der Waals surface area contributed by atoms with Gasteiger partial charge in [-0.2, -0.15) is 13.2 Å². The van der Waals surface area contributed by atoms with Crippen molar-refractivity contribution >= 4 is 23.4 Å². The lowest BCUT2D eigenvalue weighted by atomic mass is 10.1. The summed E-state index contributed by atoms with van der Waals surface area (Å²) in [5.74, 6) is -0.633. The molecule has 0 bridgehead atoms. The van der Waals surface area contributed by atoms with Crippen LogP contribution in [0.3, 0.4) is 0 Å². The molecule has 0 unspecified atom stereocenters. The third-order valence-electron chi connectivity index (χ3n) is 5.85. The zero-order valence-corrected chi connectivity index (χ0v) is 27.7. The molecule has 0 fully saturated rings. The maximum atomic E-state index is 13.0. The van der Waals surface area contributed by atoms with E-state index < -0.39 is 29.4 Å². The average Bonchev–Trinajstić information content (AvgIpc) is 3.02. The normalized spacial score (nSPS) is 11.7. The maximum Gasteiger partial charge on any atom is 0.416 e. The first-order valence-corrected chi connectivity index (χ1v) is 15.6. The SMILES string of the molecule is CC(C)(C)OC(=O)NCCOCCOCCOCCOCCOCCOCCOC(=O)c1ccccc1Nc1cccc(C(F)(F)F)c1. The second kappa shape index (κ2) is 23.0. The molecule has 1 amide bonds. The van der Waals surface area contributed by atoms with Crippen molar-refractivity contribution < 1.29 is 60.7 Å². The van der Waals surface area contributed by atoms with Crippen LogP contribution in [0.1, 0.15) is 36.7 Å². The van der Waals surface area contributed by atoms with Crippen LogP contribution in [-0.2, 0) is 44.1 Å². The Kier molecular flexibility index (Phi) is 19.5. The van der Waals surface area contributed by atoms with Crippen LogP contribution in [-0.4, -0.2) is 110 Å². The predicted octanol–water partition coefficient (Wildman–Crippen LogP) is 5.23. The molecule has 0 radical (unpaired) electrons. The summed E-state index contributed by atoms with van der Waals surface area (Å²) >= 11 is 0. The fraction of sp³-hybridized carbons (Fsp3) is 0.576. The first kappa shape index (κ1) is 40.7. The van der Waals surface area contributed by atoms with Crippen LogP contribution in [0.4, 0.5) is 29.3 Å². The zero-order chi connectivity index (χ0) is 35.1. The average molecular weight is 689 g/mol. The van der Waals surface area contributed by atoms with Crippen molar-refractivity contribution in [1.82, 2.24) is 5.32 Å². The number of alkyl halides is 3. The van der Waals surface area contributed by atoms with Gasteiger partial charge in [0.25, 0.3) is 0 Å². The molecule has 0 spiro atoms. The van der Waals surface area contributed by atoms with E-state index in [0.717, 1.165) is 12.1 Å². The van der Waals surface area contributed by atoms with Gasteiger partial charge in [-0.1, -0.05) is 18.2 Å². The number of para-hydroxylation sites is 1. The summed E-state index contributed by atoms with van der Waals surface area (Å²) in [6.45, 7) is 10.2. The van der Waals surface area contributed by atoms with Crippen molar-refractivity contribution in [3.8, 4) is 0 Å². The van der Waals surface area contributed by atoms with Crippen molar-refractivity contribution in [1.29, 1.82) is 0 Å². The molecule has 12 nitrogen and oxygen atoms in total. The van der Waals surface area contributed by atoms with Gasteiger partial charge in [-0.05, 0) is 51.1 Å². The molecule has 0 aliphatic carbocycles. The van der Waals surface area contributed by atoms with E-state index in [9.17, 15) is 22.8 Å². The Balaban J connectivity index is 1.38. The number of hydrogen-bond acceptors (Lipinski definition) is 11. The molecule has 2 rings (SSSR count). The third-order valence-corrected chi connectivity index (χ3v) is 5.85. The molecule has 0 saturated heterocycles. The van der Waals surface area contributed by atoms with Gasteiger partial charge in [0.05, 0.1) is 96.1 Å². The van der Waals surface area contributed by atoms with Crippen molar-refractivity contribution in [2.24, 2.45) is 0 Å². The van der Waals surface area contributed by atoms with E-state index in [4.69, 9.17) is 37.9 Å². The topological polar surface area (TPSA) is 132 Å². The number of ether oxygens (including phenoxy) is 8. The van der Waals surface area contributed by atoms with Gasteiger partial charge in [0.1, 0.15) is 12.2 Å². The summed E-state index contributed by atoms with van der Waals surface area (Å²) in [7, 11) is 0. The predicted molar refractivity (Wildman–Crippen MR) is 171 cm³/mol. The number of nitrogens with one attached hydrogen (secondary N) is 2. The molecular formula is C33H47F3N2O10. The summed E-state index contributed by atoms with van der Waals surface area (Å²) in [5, 5.41) is 5.46. The van der Waals surface area contributed by atoms with Crippen molar-refractivity contribution in [2.45, 2.75) is 32.5 Å². The van der Waals surface area contributed by atoms with Crippen LogP contribution >= 0.6 is 0 Å². The molecule has 0 heterocycles. The zero-order valence-electron chi connectivity index (χ0n) is 27.7. The Hall–Kier alpha value is -3.47. The van der Waals surface area contributed by atoms with Crippen LogP contribution < -0.4 is 10.6 Å². The van der Waals surface area contributed by atoms with Crippen LogP contribution in [0.25, 0.3) is 0 Å². The highest BCUT2D eigenvalue weighted by atomic mass is 19.4. The van der Waals surface area contributed by atoms with Gasteiger partial charge < -0.3 is 48.5 Å². The van der Waals surface area contributed by atoms with Gasteiger partial charge in [0.15, 0.2) is 0 Å². The summed E-state index contributed by atoms with van der Waals surface area (Å²) in [5.41, 5.74) is -0.638. The number of carbonyl (C=O) groups is 2. The number of halogens is 3.